The molecule has 0 bridgehead atoms. The van der Waals surface area contributed by atoms with Crippen LogP contribution in [0.5, 0.6) is 5.75 Å². The Balaban J connectivity index is 1.79. The molecule has 7 heteroatoms. The fourth-order valence-electron chi connectivity index (χ4n) is 2.18. The Morgan fingerprint density at radius 2 is 2.23 bits per heavy atom. The summed E-state index contributed by atoms with van der Waals surface area (Å²) < 4.78 is 10.6. The van der Waals surface area contributed by atoms with Gasteiger partial charge in [-0.25, -0.2) is 9.78 Å². The van der Waals surface area contributed by atoms with Crippen LogP contribution in [0.25, 0.3) is 10.9 Å². The Morgan fingerprint density at radius 1 is 1.36 bits per heavy atom. The number of nitrogens with zero attached hydrogens (tertiary/aromatic N) is 1. The lowest BCUT2D eigenvalue weighted by atomic mass is 10.1. The third-order valence-electron chi connectivity index (χ3n) is 3.20. The number of nitrogens with two attached hydrogens (primary N) is 1. The number of carbonyl (C=O) groups excluding carboxylic acids is 1. The van der Waals surface area contributed by atoms with Crippen molar-refractivity contribution in [3.8, 4) is 5.75 Å². The molecule has 2 aromatic heterocycles. The number of aromatic amines is 1. The van der Waals surface area contributed by atoms with Crippen LogP contribution < -0.4 is 10.5 Å². The molecule has 3 aromatic rings. The summed E-state index contributed by atoms with van der Waals surface area (Å²) in [7, 11) is 0. The van der Waals surface area contributed by atoms with Crippen LogP contribution in [0.4, 0.5) is 4.79 Å². The van der Waals surface area contributed by atoms with Gasteiger partial charge in [-0.05, 0) is 24.6 Å². The van der Waals surface area contributed by atoms with Crippen molar-refractivity contribution in [3.05, 3.63) is 46.0 Å². The molecule has 2 heterocycles. The molecule has 3 N–H and O–H groups in total. The summed E-state index contributed by atoms with van der Waals surface area (Å²) in [6.45, 7) is 2.55. The van der Waals surface area contributed by atoms with Gasteiger partial charge in [0.1, 0.15) is 19.0 Å². The van der Waals surface area contributed by atoms with Gasteiger partial charge in [-0.1, -0.05) is 0 Å². The smallest absolute Gasteiger partial charge is 0.404 e. The molecule has 0 radical (unpaired) electrons. The second kappa shape index (κ2) is 6.07. The van der Waals surface area contributed by atoms with Crippen molar-refractivity contribution < 1.29 is 14.3 Å². The number of amides is 1. The standard InChI is InChI=1S/C15H15N3O3S/c1-9-2-10-3-11(5-21-15(16)19)18-13(10)4-14(9)20-6-12-7-22-8-17-12/h2-4,7-8,18H,5-6H2,1H3,(H2,16,19). The van der Waals surface area contributed by atoms with Gasteiger partial charge in [0.25, 0.3) is 0 Å². The van der Waals surface area contributed by atoms with Crippen LogP contribution in [0.3, 0.4) is 0 Å². The van der Waals surface area contributed by atoms with Gasteiger partial charge >= 0.3 is 6.09 Å². The predicted molar refractivity (Wildman–Crippen MR) is 83.9 cm³/mol. The summed E-state index contributed by atoms with van der Waals surface area (Å²) in [6.07, 6.45) is -0.790. The summed E-state index contributed by atoms with van der Waals surface area (Å²) in [4.78, 5) is 18.0. The molecule has 1 aromatic carbocycles. The quantitative estimate of drug-likeness (QED) is 0.756. The van der Waals surface area contributed by atoms with Crippen molar-refractivity contribution in [2.45, 2.75) is 20.1 Å². The number of hydrogen-bond donors (Lipinski definition) is 2. The van der Waals surface area contributed by atoms with E-state index in [4.69, 9.17) is 15.2 Å². The van der Waals surface area contributed by atoms with Crippen LogP contribution >= 0.6 is 11.3 Å². The third kappa shape index (κ3) is 3.20. The van der Waals surface area contributed by atoms with Gasteiger partial charge in [0.2, 0.25) is 0 Å². The lowest BCUT2D eigenvalue weighted by molar-refractivity contribution is 0.149. The first-order valence-electron chi connectivity index (χ1n) is 6.66. The fraction of sp³-hybridized carbons (Fsp3) is 0.200. The van der Waals surface area contributed by atoms with Crippen molar-refractivity contribution in [2.24, 2.45) is 5.73 Å². The summed E-state index contributed by atoms with van der Waals surface area (Å²) in [5.74, 6) is 0.796. The number of H-pyrrole nitrogens is 1. The normalized spacial score (nSPS) is 10.8. The van der Waals surface area contributed by atoms with E-state index >= 15 is 0 Å². The SMILES string of the molecule is Cc1cc2cc(COC(N)=O)[nH]c2cc1OCc1cscn1. The minimum atomic E-state index is -0.790. The van der Waals surface area contributed by atoms with Crippen LogP contribution in [0.2, 0.25) is 0 Å². The Bertz CT molecular complexity index is 796. The van der Waals surface area contributed by atoms with Crippen molar-refractivity contribution in [2.75, 3.05) is 0 Å². The van der Waals surface area contributed by atoms with Gasteiger partial charge in [-0.2, -0.15) is 0 Å². The molecule has 114 valence electrons. The van der Waals surface area contributed by atoms with Crippen LogP contribution in [0, 0.1) is 6.92 Å². The maximum Gasteiger partial charge on any atom is 0.404 e. The number of ether oxygens (including phenoxy) is 2. The summed E-state index contributed by atoms with van der Waals surface area (Å²) in [5.41, 5.74) is 10.4. The lowest BCUT2D eigenvalue weighted by Gasteiger charge is -2.08. The average Bonchev–Trinajstić information content (AvgIpc) is 3.11. The third-order valence-corrected chi connectivity index (χ3v) is 3.84. The van der Waals surface area contributed by atoms with Crippen LogP contribution in [0.15, 0.2) is 29.1 Å². The van der Waals surface area contributed by atoms with E-state index in [2.05, 4.69) is 9.97 Å². The summed E-state index contributed by atoms with van der Waals surface area (Å²) in [6, 6.07) is 5.89. The van der Waals surface area contributed by atoms with E-state index in [1.807, 2.05) is 30.5 Å². The molecule has 1 amide bonds. The van der Waals surface area contributed by atoms with E-state index in [9.17, 15) is 4.79 Å². The average molecular weight is 317 g/mol. The predicted octanol–water partition coefficient (Wildman–Crippen LogP) is 3.11. The number of carbonyl (C=O) groups is 1. The number of nitrogens with one attached hydrogen (secondary N) is 1. The van der Waals surface area contributed by atoms with E-state index in [1.54, 1.807) is 16.8 Å². The van der Waals surface area contributed by atoms with Crippen molar-refractivity contribution in [1.82, 2.24) is 9.97 Å². The first-order chi connectivity index (χ1) is 10.6. The van der Waals surface area contributed by atoms with Gasteiger partial charge in [0.05, 0.1) is 16.9 Å². The molecule has 0 fully saturated rings. The fourth-order valence-corrected chi connectivity index (χ4v) is 2.72. The molecule has 0 aliphatic heterocycles. The zero-order valence-corrected chi connectivity index (χ0v) is 12.8. The van der Waals surface area contributed by atoms with Crippen molar-refractivity contribution >= 4 is 28.3 Å². The number of aryl methyl sites for hydroxylation is 1. The largest absolute Gasteiger partial charge is 0.487 e. The molecule has 0 atom stereocenters. The number of benzene rings is 1. The molecular formula is C15H15N3O3S. The number of primary amides is 1. The highest BCUT2D eigenvalue weighted by atomic mass is 32.1. The van der Waals surface area contributed by atoms with Gasteiger partial charge in [0.15, 0.2) is 0 Å². The van der Waals surface area contributed by atoms with E-state index in [1.165, 1.54) is 0 Å². The Hall–Kier alpha value is -2.54. The highest BCUT2D eigenvalue weighted by Crippen LogP contribution is 2.27. The van der Waals surface area contributed by atoms with Crippen molar-refractivity contribution in [3.63, 3.8) is 0 Å². The Labute approximate surface area is 130 Å². The van der Waals surface area contributed by atoms with E-state index in [0.717, 1.165) is 33.6 Å². The molecular weight excluding hydrogens is 302 g/mol. The van der Waals surface area contributed by atoms with Gasteiger partial charge < -0.3 is 20.2 Å². The Morgan fingerprint density at radius 3 is 2.95 bits per heavy atom. The lowest BCUT2D eigenvalue weighted by Crippen LogP contribution is -2.12. The first-order valence-corrected chi connectivity index (χ1v) is 7.60. The summed E-state index contributed by atoms with van der Waals surface area (Å²) >= 11 is 1.54. The Kier molecular flexibility index (Phi) is 3.97. The molecule has 0 saturated heterocycles. The van der Waals surface area contributed by atoms with Crippen LogP contribution in [-0.2, 0) is 18.0 Å². The van der Waals surface area contributed by atoms with Crippen LogP contribution in [0.1, 0.15) is 17.0 Å². The molecule has 0 spiro atoms. The van der Waals surface area contributed by atoms with Gasteiger partial charge in [0, 0.05) is 22.3 Å². The number of aromatic nitrogens is 2. The molecule has 0 aliphatic carbocycles. The minimum absolute atomic E-state index is 0.123. The highest BCUT2D eigenvalue weighted by molar-refractivity contribution is 7.07. The summed E-state index contributed by atoms with van der Waals surface area (Å²) in [5, 5.41) is 2.99. The van der Waals surface area contributed by atoms with Crippen LogP contribution in [-0.4, -0.2) is 16.1 Å². The second-order valence-electron chi connectivity index (χ2n) is 4.88. The molecule has 0 unspecified atom stereocenters. The first kappa shape index (κ1) is 14.4. The van der Waals surface area contributed by atoms with Gasteiger partial charge in [-0.3, -0.25) is 0 Å². The minimum Gasteiger partial charge on any atom is -0.487 e. The zero-order chi connectivity index (χ0) is 15.5. The number of thiazole rings is 1. The monoisotopic (exact) mass is 317 g/mol. The molecule has 6 nitrogen and oxygen atoms in total. The molecule has 0 aliphatic rings. The molecule has 0 saturated carbocycles. The zero-order valence-electron chi connectivity index (χ0n) is 12.0. The maximum absolute atomic E-state index is 10.7. The van der Waals surface area contributed by atoms with Crippen molar-refractivity contribution in [1.29, 1.82) is 0 Å². The van der Waals surface area contributed by atoms with E-state index in [0.29, 0.717) is 6.61 Å². The molecule has 3 rings (SSSR count). The van der Waals surface area contributed by atoms with E-state index < -0.39 is 6.09 Å². The number of hydrogen-bond acceptors (Lipinski definition) is 5. The number of rotatable bonds is 5. The highest BCUT2D eigenvalue weighted by Gasteiger charge is 2.08. The second-order valence-corrected chi connectivity index (χ2v) is 5.59. The topological polar surface area (TPSA) is 90.2 Å². The number of fused-ring (bicyclic) bond motifs is 1. The van der Waals surface area contributed by atoms with Gasteiger partial charge in [-0.15, -0.1) is 11.3 Å². The van der Waals surface area contributed by atoms with E-state index in [-0.39, 0.29) is 6.61 Å². The maximum atomic E-state index is 10.7. The molecule has 22 heavy (non-hydrogen) atoms.